The second-order valence-corrected chi connectivity index (χ2v) is 13.2. The molecule has 5 N–H and O–H groups in total. The minimum Gasteiger partial charge on any atom is -0.387 e. The van der Waals surface area contributed by atoms with Crippen molar-refractivity contribution in [3.8, 4) is 6.07 Å². The van der Waals surface area contributed by atoms with E-state index >= 15 is 0 Å². The largest absolute Gasteiger partial charge is 0.472 e. The number of rotatable bonds is 24. The van der Waals surface area contributed by atoms with Gasteiger partial charge in [0, 0.05) is 19.4 Å². The van der Waals surface area contributed by atoms with Crippen molar-refractivity contribution < 1.29 is 38.2 Å². The van der Waals surface area contributed by atoms with Crippen molar-refractivity contribution in [1.29, 1.82) is 5.26 Å². The Morgan fingerprint density at radius 3 is 2.13 bits per heavy atom. The van der Waals surface area contributed by atoms with Crippen LogP contribution in [-0.4, -0.2) is 74.4 Å². The van der Waals surface area contributed by atoms with Crippen molar-refractivity contribution in [3.63, 3.8) is 0 Å². The van der Waals surface area contributed by atoms with E-state index in [-0.39, 0.29) is 23.6 Å². The zero-order valence-corrected chi connectivity index (χ0v) is 27.5. The minimum atomic E-state index is -4.44. The first-order valence-electron chi connectivity index (χ1n) is 16.5. The Morgan fingerprint density at radius 2 is 1.51 bits per heavy atom. The van der Waals surface area contributed by atoms with Crippen LogP contribution in [0.25, 0.3) is 11.0 Å². The van der Waals surface area contributed by atoms with E-state index < -0.39 is 39.0 Å². The normalized spacial score (nSPS) is 21.3. The molecule has 1 unspecified atom stereocenters. The Morgan fingerprint density at radius 1 is 0.911 bits per heavy atom. The van der Waals surface area contributed by atoms with E-state index in [1.54, 1.807) is 0 Å². The summed E-state index contributed by atoms with van der Waals surface area (Å²) < 4.78 is 35.1. The molecule has 0 saturated carbocycles. The summed E-state index contributed by atoms with van der Waals surface area (Å²) >= 11 is 0. The minimum absolute atomic E-state index is 0.0424. The summed E-state index contributed by atoms with van der Waals surface area (Å²) in [5, 5.41) is 30.9. The van der Waals surface area contributed by atoms with E-state index in [1.807, 2.05) is 6.07 Å². The number of fused-ring (bicyclic) bond motifs is 1. The first-order chi connectivity index (χ1) is 21.8. The number of nitrogens with zero attached hydrogens (tertiary/aromatic N) is 4. The molecule has 13 nitrogen and oxygen atoms in total. The monoisotopic (exact) mass is 653 g/mol. The molecule has 3 rings (SSSR count). The number of phosphoric acid groups is 1. The van der Waals surface area contributed by atoms with Crippen LogP contribution in [-0.2, 0) is 23.1 Å². The van der Waals surface area contributed by atoms with Crippen molar-refractivity contribution >= 4 is 24.7 Å². The van der Waals surface area contributed by atoms with Gasteiger partial charge < -0.3 is 34.9 Å². The predicted octanol–water partition coefficient (Wildman–Crippen LogP) is 5.53. The molecular formula is C31H52N5O8P. The van der Waals surface area contributed by atoms with Crippen LogP contribution in [0.5, 0.6) is 0 Å². The van der Waals surface area contributed by atoms with Gasteiger partial charge in [-0.3, -0.25) is 9.05 Å². The third-order valence-electron chi connectivity index (χ3n) is 8.10. The van der Waals surface area contributed by atoms with E-state index in [4.69, 9.17) is 24.3 Å². The number of aliphatic hydroxyl groups excluding tert-OH is 2. The molecule has 0 amide bonds. The van der Waals surface area contributed by atoms with Crippen LogP contribution in [0, 0.1) is 11.3 Å². The molecule has 0 spiro atoms. The fourth-order valence-electron chi connectivity index (χ4n) is 5.53. The van der Waals surface area contributed by atoms with Crippen LogP contribution < -0.4 is 5.73 Å². The second kappa shape index (κ2) is 20.2. The molecule has 2 aromatic heterocycles. The first kappa shape index (κ1) is 37.3. The van der Waals surface area contributed by atoms with Gasteiger partial charge in [-0.15, -0.1) is 0 Å². The molecule has 0 bridgehead atoms. The van der Waals surface area contributed by atoms with Gasteiger partial charge in [0.2, 0.25) is 0 Å². The van der Waals surface area contributed by atoms with E-state index in [1.165, 1.54) is 94.1 Å². The molecule has 1 saturated heterocycles. The van der Waals surface area contributed by atoms with Crippen molar-refractivity contribution in [1.82, 2.24) is 14.5 Å². The van der Waals surface area contributed by atoms with Crippen molar-refractivity contribution in [2.24, 2.45) is 0 Å². The standard InChI is InChI=1S/C31H52N5O8P/c1-2-3-4-5-6-7-8-9-10-11-12-13-14-15-17-41-18-16-19-42-45(39,40)43-22-25-27(37)28(38)31(44-25)36-21-24(20-32)26-29(33)34-23-35-30(26)36/h21,23,25,27-28,31,37-38H,2-19,22H2,1H3,(H,39,40)(H2,33,34,35)/t25-,27-,28-,31-/m1/s1. The van der Waals surface area contributed by atoms with Gasteiger partial charge >= 0.3 is 7.82 Å². The predicted molar refractivity (Wildman–Crippen MR) is 170 cm³/mol. The summed E-state index contributed by atoms with van der Waals surface area (Å²) in [5.41, 5.74) is 6.29. The van der Waals surface area contributed by atoms with E-state index in [2.05, 4.69) is 16.9 Å². The molecule has 1 fully saturated rings. The number of ether oxygens (including phenoxy) is 2. The molecular weight excluding hydrogens is 601 g/mol. The number of nitriles is 1. The number of anilines is 1. The number of nitrogens with two attached hydrogens (primary N) is 1. The van der Waals surface area contributed by atoms with Crippen LogP contribution in [0.4, 0.5) is 5.82 Å². The molecule has 1 aliphatic rings. The maximum absolute atomic E-state index is 12.3. The molecule has 0 aliphatic carbocycles. The highest BCUT2D eigenvalue weighted by molar-refractivity contribution is 7.47. The average Bonchev–Trinajstić information content (AvgIpc) is 3.54. The highest BCUT2D eigenvalue weighted by Crippen LogP contribution is 2.44. The fourth-order valence-corrected chi connectivity index (χ4v) is 6.30. The van der Waals surface area contributed by atoms with Gasteiger partial charge in [-0.1, -0.05) is 90.4 Å². The Balaban J connectivity index is 1.22. The number of unbranched alkanes of at least 4 members (excludes halogenated alkanes) is 13. The van der Waals surface area contributed by atoms with Gasteiger partial charge in [0.15, 0.2) is 6.23 Å². The fraction of sp³-hybridized carbons (Fsp3) is 0.774. The van der Waals surface area contributed by atoms with Crippen LogP contribution in [0.2, 0.25) is 0 Å². The summed E-state index contributed by atoms with van der Waals surface area (Å²) in [6, 6.07) is 2.00. The lowest BCUT2D eigenvalue weighted by atomic mass is 10.0. The Kier molecular flexibility index (Phi) is 16.7. The van der Waals surface area contributed by atoms with Crippen molar-refractivity contribution in [2.75, 3.05) is 32.2 Å². The zero-order valence-electron chi connectivity index (χ0n) is 26.6. The quantitative estimate of drug-likeness (QED) is 0.0819. The summed E-state index contributed by atoms with van der Waals surface area (Å²) in [4.78, 5) is 18.1. The molecule has 254 valence electrons. The van der Waals surface area contributed by atoms with Crippen LogP contribution in [0.1, 0.15) is 115 Å². The number of aliphatic hydroxyl groups is 2. The van der Waals surface area contributed by atoms with Crippen LogP contribution in [0.3, 0.4) is 0 Å². The molecule has 0 radical (unpaired) electrons. The highest BCUT2D eigenvalue weighted by Gasteiger charge is 2.45. The smallest absolute Gasteiger partial charge is 0.387 e. The summed E-state index contributed by atoms with van der Waals surface area (Å²) in [6.07, 6.45) is 16.1. The van der Waals surface area contributed by atoms with E-state index in [0.717, 1.165) is 12.8 Å². The SMILES string of the molecule is CCCCCCCCCCCCCCCCOCCCOP(=O)(O)OC[C@H]1O[C@@H](n2cc(C#N)c3c(N)ncnc32)[C@H](O)[C@@H]1O. The maximum atomic E-state index is 12.3. The van der Waals surface area contributed by atoms with Gasteiger partial charge in [0.05, 0.1) is 24.2 Å². The Labute approximate surface area is 266 Å². The molecule has 2 aromatic rings. The molecule has 3 heterocycles. The van der Waals surface area contributed by atoms with Gasteiger partial charge in [-0.2, -0.15) is 5.26 Å². The number of phosphoric ester groups is 1. The molecule has 0 aromatic carbocycles. The number of aromatic nitrogens is 3. The van der Waals surface area contributed by atoms with E-state index in [9.17, 15) is 24.9 Å². The topological polar surface area (TPSA) is 195 Å². The lowest BCUT2D eigenvalue weighted by molar-refractivity contribution is -0.0513. The lowest BCUT2D eigenvalue weighted by Gasteiger charge is -2.18. The number of hydrogen-bond donors (Lipinski definition) is 4. The highest BCUT2D eigenvalue weighted by atomic mass is 31.2. The van der Waals surface area contributed by atoms with Crippen LogP contribution in [0.15, 0.2) is 12.5 Å². The average molecular weight is 654 g/mol. The van der Waals surface area contributed by atoms with Gasteiger partial charge in [-0.05, 0) is 12.8 Å². The summed E-state index contributed by atoms with van der Waals surface area (Å²) in [6.45, 7) is 2.75. The number of hydrogen-bond acceptors (Lipinski definition) is 11. The molecule has 14 heteroatoms. The Bertz CT molecular complexity index is 1220. The molecule has 1 aliphatic heterocycles. The molecule has 45 heavy (non-hydrogen) atoms. The first-order valence-corrected chi connectivity index (χ1v) is 18.0. The van der Waals surface area contributed by atoms with Gasteiger partial charge in [0.1, 0.15) is 42.2 Å². The zero-order chi connectivity index (χ0) is 32.5. The second-order valence-electron chi connectivity index (χ2n) is 11.7. The van der Waals surface area contributed by atoms with Gasteiger partial charge in [0.25, 0.3) is 0 Å². The Hall–Kier alpha value is -2.14. The van der Waals surface area contributed by atoms with Crippen molar-refractivity contribution in [3.05, 3.63) is 18.1 Å². The third kappa shape index (κ3) is 12.2. The third-order valence-corrected chi connectivity index (χ3v) is 9.09. The summed E-state index contributed by atoms with van der Waals surface area (Å²) in [5.74, 6) is 0.0850. The van der Waals surface area contributed by atoms with Gasteiger partial charge in [-0.25, -0.2) is 14.5 Å². The van der Waals surface area contributed by atoms with E-state index in [0.29, 0.717) is 25.0 Å². The maximum Gasteiger partial charge on any atom is 0.472 e. The van der Waals surface area contributed by atoms with Crippen LogP contribution >= 0.6 is 7.82 Å². The summed E-state index contributed by atoms with van der Waals surface area (Å²) in [7, 11) is -4.44. The van der Waals surface area contributed by atoms with Crippen molar-refractivity contribution in [2.45, 2.75) is 128 Å². The molecule has 5 atom stereocenters. The number of nitrogen functional groups attached to an aromatic ring is 1. The lowest BCUT2D eigenvalue weighted by Crippen LogP contribution is -2.33.